The predicted molar refractivity (Wildman–Crippen MR) is 60.8 cm³/mol. The summed E-state index contributed by atoms with van der Waals surface area (Å²) in [5, 5.41) is 9.76. The molecule has 0 radical (unpaired) electrons. The van der Waals surface area contributed by atoms with Gasteiger partial charge in [-0.25, -0.2) is 0 Å². The molecule has 0 bridgehead atoms. The van der Waals surface area contributed by atoms with Crippen molar-refractivity contribution in [2.45, 2.75) is 38.6 Å². The Morgan fingerprint density at radius 3 is 2.73 bits per heavy atom. The van der Waals surface area contributed by atoms with Gasteiger partial charge in [-0.1, -0.05) is 25.6 Å². The maximum atomic E-state index is 11.3. The van der Waals surface area contributed by atoms with Crippen molar-refractivity contribution in [3.05, 3.63) is 0 Å². The highest BCUT2D eigenvalue weighted by atomic mass is 28.3. The highest BCUT2D eigenvalue weighted by Crippen LogP contribution is 2.18. The highest BCUT2D eigenvalue weighted by molar-refractivity contribution is 6.83. The Balaban J connectivity index is 2.62. The summed E-state index contributed by atoms with van der Waals surface area (Å²) < 4.78 is 4.89. The number of rotatable bonds is 1. The summed E-state index contributed by atoms with van der Waals surface area (Å²) in [6, 6.07) is 0. The zero-order valence-electron chi connectivity index (χ0n) is 9.54. The molecule has 1 N–H and O–H groups in total. The first-order valence-corrected chi connectivity index (χ1v) is 8.77. The molecule has 84 valence electrons. The van der Waals surface area contributed by atoms with Gasteiger partial charge in [0.25, 0.3) is 0 Å². The first kappa shape index (κ1) is 12.3. The van der Waals surface area contributed by atoms with Gasteiger partial charge in [0.15, 0.2) is 0 Å². The van der Waals surface area contributed by atoms with Crippen molar-refractivity contribution < 1.29 is 14.6 Å². The number of carbonyl (C=O) groups excluding carboxylic acids is 1. The fourth-order valence-corrected chi connectivity index (χ4v) is 1.96. The van der Waals surface area contributed by atoms with Crippen LogP contribution in [0, 0.1) is 17.4 Å². The second kappa shape index (κ2) is 4.82. The monoisotopic (exact) mass is 226 g/mol. The molecule has 1 saturated heterocycles. The summed E-state index contributed by atoms with van der Waals surface area (Å²) in [6.07, 6.45) is 0.646. The van der Waals surface area contributed by atoms with E-state index in [-0.39, 0.29) is 5.97 Å². The average molecular weight is 226 g/mol. The van der Waals surface area contributed by atoms with Crippen LogP contribution in [0.1, 0.15) is 12.8 Å². The topological polar surface area (TPSA) is 46.5 Å². The molecule has 15 heavy (non-hydrogen) atoms. The van der Waals surface area contributed by atoms with E-state index in [0.717, 1.165) is 6.42 Å². The second-order valence-corrected chi connectivity index (χ2v) is 9.63. The molecule has 4 heteroatoms. The minimum atomic E-state index is -1.48. The average Bonchev–Trinajstić information content (AvgIpc) is 2.14. The Labute approximate surface area is 91.8 Å². The van der Waals surface area contributed by atoms with Gasteiger partial charge < -0.3 is 9.84 Å². The van der Waals surface area contributed by atoms with Gasteiger partial charge in [-0.2, -0.15) is 0 Å². The lowest BCUT2D eigenvalue weighted by Gasteiger charge is -2.22. The van der Waals surface area contributed by atoms with Crippen LogP contribution in [0.25, 0.3) is 0 Å². The molecule has 0 aromatic rings. The van der Waals surface area contributed by atoms with Gasteiger partial charge in [0.1, 0.15) is 14.2 Å². The zero-order valence-corrected chi connectivity index (χ0v) is 10.5. The van der Waals surface area contributed by atoms with Gasteiger partial charge in [-0.15, -0.1) is 5.54 Å². The van der Waals surface area contributed by atoms with Gasteiger partial charge in [-0.3, -0.25) is 4.79 Å². The van der Waals surface area contributed by atoms with Crippen molar-refractivity contribution in [3.63, 3.8) is 0 Å². The molecule has 3 nitrogen and oxygen atoms in total. The molecule has 1 heterocycles. The van der Waals surface area contributed by atoms with Crippen LogP contribution < -0.4 is 0 Å². The first-order chi connectivity index (χ1) is 6.90. The number of esters is 1. The van der Waals surface area contributed by atoms with E-state index in [4.69, 9.17) is 4.74 Å². The molecule has 1 fully saturated rings. The van der Waals surface area contributed by atoms with E-state index in [1.807, 2.05) is 0 Å². The van der Waals surface area contributed by atoms with Gasteiger partial charge >= 0.3 is 5.97 Å². The Bertz CT molecular complexity index is 295. The van der Waals surface area contributed by atoms with E-state index in [9.17, 15) is 9.90 Å². The van der Waals surface area contributed by atoms with Crippen LogP contribution in [-0.2, 0) is 9.53 Å². The molecule has 0 aromatic carbocycles. The Hall–Kier alpha value is -0.793. The van der Waals surface area contributed by atoms with Crippen LogP contribution in [-0.4, -0.2) is 31.9 Å². The van der Waals surface area contributed by atoms with Crippen molar-refractivity contribution in [1.82, 2.24) is 0 Å². The summed E-state index contributed by atoms with van der Waals surface area (Å²) in [6.45, 7) is 6.78. The second-order valence-electron chi connectivity index (χ2n) is 4.88. The lowest BCUT2D eigenvalue weighted by atomic mass is 9.96. The zero-order chi connectivity index (χ0) is 11.5. The lowest BCUT2D eigenvalue weighted by molar-refractivity contribution is -0.156. The van der Waals surface area contributed by atoms with Crippen LogP contribution in [0.4, 0.5) is 0 Å². The minimum Gasteiger partial charge on any atom is -0.465 e. The van der Waals surface area contributed by atoms with Crippen LogP contribution >= 0.6 is 0 Å². The summed E-state index contributed by atoms with van der Waals surface area (Å²) in [7, 11) is -1.48. The fraction of sp³-hybridized carbons (Fsp3) is 0.727. The van der Waals surface area contributed by atoms with E-state index in [2.05, 4.69) is 31.1 Å². The van der Waals surface area contributed by atoms with Gasteiger partial charge in [0, 0.05) is 0 Å². The van der Waals surface area contributed by atoms with Crippen molar-refractivity contribution in [2.75, 3.05) is 6.61 Å². The molecular formula is C11H18O3Si. The van der Waals surface area contributed by atoms with Crippen LogP contribution in [0.15, 0.2) is 0 Å². The number of ether oxygens (including phenoxy) is 1. The third kappa shape index (κ3) is 4.06. The lowest BCUT2D eigenvalue weighted by Crippen LogP contribution is -2.33. The standard InChI is InChI=1S/C11H18O3Si/c1-15(2,3)8-6-10(12)9-5-4-7-14-11(9)13/h9-10,12H,4-5,7H2,1-3H3/t9-,10-/m1/s1. The number of aliphatic hydroxyl groups excluding tert-OH is 1. The van der Waals surface area contributed by atoms with Crippen LogP contribution in [0.3, 0.4) is 0 Å². The Morgan fingerprint density at radius 2 is 2.20 bits per heavy atom. The summed E-state index contributed by atoms with van der Waals surface area (Å²) in [4.78, 5) is 11.3. The van der Waals surface area contributed by atoms with Gasteiger partial charge in [0.05, 0.1) is 12.5 Å². The molecule has 0 aromatic heterocycles. The SMILES string of the molecule is C[Si](C)(C)C#C[C@@H](O)[C@H]1CCCOC1=O. The molecule has 1 aliphatic heterocycles. The molecule has 0 unspecified atom stereocenters. The molecule has 2 atom stereocenters. The summed E-state index contributed by atoms with van der Waals surface area (Å²) in [5.74, 6) is 2.04. The summed E-state index contributed by atoms with van der Waals surface area (Å²) in [5.41, 5.74) is 3.07. The van der Waals surface area contributed by atoms with Crippen LogP contribution in [0.5, 0.6) is 0 Å². The van der Waals surface area contributed by atoms with Gasteiger partial charge in [-0.05, 0) is 12.8 Å². The van der Waals surface area contributed by atoms with E-state index < -0.39 is 20.1 Å². The molecular weight excluding hydrogens is 208 g/mol. The van der Waals surface area contributed by atoms with Crippen LogP contribution in [0.2, 0.25) is 19.6 Å². The third-order valence-electron chi connectivity index (χ3n) is 2.18. The maximum Gasteiger partial charge on any atom is 0.312 e. The molecule has 1 rings (SSSR count). The largest absolute Gasteiger partial charge is 0.465 e. The van der Waals surface area contributed by atoms with E-state index in [1.165, 1.54) is 0 Å². The molecule has 0 saturated carbocycles. The quantitative estimate of drug-likeness (QED) is 0.415. The normalized spacial score (nSPS) is 23.7. The van der Waals surface area contributed by atoms with Crippen molar-refractivity contribution in [1.29, 1.82) is 0 Å². The number of aliphatic hydroxyl groups is 1. The van der Waals surface area contributed by atoms with Crippen molar-refractivity contribution in [3.8, 4) is 11.5 Å². The molecule has 0 aliphatic carbocycles. The van der Waals surface area contributed by atoms with Crippen molar-refractivity contribution in [2.24, 2.45) is 5.92 Å². The molecule has 0 amide bonds. The van der Waals surface area contributed by atoms with E-state index in [0.29, 0.717) is 13.0 Å². The molecule has 0 spiro atoms. The Morgan fingerprint density at radius 1 is 1.53 bits per heavy atom. The number of hydrogen-bond donors (Lipinski definition) is 1. The predicted octanol–water partition coefficient (Wildman–Crippen LogP) is 1.18. The first-order valence-electron chi connectivity index (χ1n) is 5.27. The number of cyclic esters (lactones) is 1. The van der Waals surface area contributed by atoms with E-state index in [1.54, 1.807) is 0 Å². The van der Waals surface area contributed by atoms with Gasteiger partial charge in [0.2, 0.25) is 0 Å². The third-order valence-corrected chi connectivity index (χ3v) is 3.08. The maximum absolute atomic E-state index is 11.3. The summed E-state index contributed by atoms with van der Waals surface area (Å²) >= 11 is 0. The fourth-order valence-electron chi connectivity index (χ4n) is 1.38. The number of hydrogen-bond acceptors (Lipinski definition) is 3. The smallest absolute Gasteiger partial charge is 0.312 e. The van der Waals surface area contributed by atoms with Crippen molar-refractivity contribution >= 4 is 14.0 Å². The Kier molecular flexibility index (Phi) is 3.94. The number of carbonyl (C=O) groups is 1. The minimum absolute atomic E-state index is 0.307. The molecule has 1 aliphatic rings. The highest BCUT2D eigenvalue weighted by Gasteiger charge is 2.30. The van der Waals surface area contributed by atoms with E-state index >= 15 is 0 Å².